The SMILES string of the molecule is NC(=O)C1CCN(c2ccccc2NC(=O)c2ccc3[nH]c(=O)[nH]c3n2)CC1. The predicted molar refractivity (Wildman–Crippen MR) is 105 cm³/mol. The van der Waals surface area contributed by atoms with Crippen molar-refractivity contribution in [2.45, 2.75) is 12.8 Å². The molecule has 144 valence electrons. The molecule has 1 fully saturated rings. The molecule has 0 atom stereocenters. The Morgan fingerprint density at radius 2 is 1.86 bits per heavy atom. The van der Waals surface area contributed by atoms with Crippen molar-refractivity contribution in [3.63, 3.8) is 0 Å². The zero-order chi connectivity index (χ0) is 19.7. The molecule has 0 radical (unpaired) electrons. The van der Waals surface area contributed by atoms with Gasteiger partial charge in [0.1, 0.15) is 5.69 Å². The van der Waals surface area contributed by atoms with Gasteiger partial charge in [0.25, 0.3) is 5.91 Å². The molecule has 9 nitrogen and oxygen atoms in total. The number of hydrogen-bond acceptors (Lipinski definition) is 5. The van der Waals surface area contributed by atoms with E-state index in [0.717, 1.165) is 5.69 Å². The molecule has 3 aromatic rings. The molecule has 3 heterocycles. The van der Waals surface area contributed by atoms with Crippen LogP contribution in [0.4, 0.5) is 11.4 Å². The second kappa shape index (κ2) is 7.18. The number of anilines is 2. The number of primary amides is 1. The van der Waals surface area contributed by atoms with Crippen molar-refractivity contribution in [1.82, 2.24) is 15.0 Å². The molecule has 0 bridgehead atoms. The molecule has 1 aliphatic rings. The number of H-pyrrole nitrogens is 2. The summed E-state index contributed by atoms with van der Waals surface area (Å²) in [4.78, 5) is 46.9. The Balaban J connectivity index is 1.54. The number of nitrogens with zero attached hydrogens (tertiary/aromatic N) is 2. The second-order valence-corrected chi connectivity index (χ2v) is 6.81. The third kappa shape index (κ3) is 3.46. The minimum Gasteiger partial charge on any atom is -0.370 e. The summed E-state index contributed by atoms with van der Waals surface area (Å²) in [6.45, 7) is 1.38. The highest BCUT2D eigenvalue weighted by Crippen LogP contribution is 2.30. The Kier molecular flexibility index (Phi) is 4.56. The minimum absolute atomic E-state index is 0.0996. The molecular weight excluding hydrogens is 360 g/mol. The number of pyridine rings is 1. The monoisotopic (exact) mass is 380 g/mol. The standard InChI is InChI=1S/C19H20N6O3/c20-16(26)11-7-9-25(10-8-11)15-4-2-1-3-12(15)22-18(27)14-6-5-13-17(21-14)24-19(28)23-13/h1-6,11H,7-10H2,(H2,20,26)(H,22,27)(H2,21,23,24,28). The van der Waals surface area contributed by atoms with Gasteiger partial charge in [-0.1, -0.05) is 12.1 Å². The van der Waals surface area contributed by atoms with Gasteiger partial charge in [-0.3, -0.25) is 14.6 Å². The fourth-order valence-electron chi connectivity index (χ4n) is 3.49. The molecule has 2 amide bonds. The van der Waals surface area contributed by atoms with Crippen LogP contribution in [0.15, 0.2) is 41.2 Å². The Morgan fingerprint density at radius 1 is 1.11 bits per heavy atom. The summed E-state index contributed by atoms with van der Waals surface area (Å²) in [5.41, 5.74) is 7.65. The Labute approximate surface area is 160 Å². The molecule has 5 N–H and O–H groups in total. The highest BCUT2D eigenvalue weighted by atomic mass is 16.2. The van der Waals surface area contributed by atoms with E-state index in [0.29, 0.717) is 42.8 Å². The van der Waals surface area contributed by atoms with Crippen molar-refractivity contribution in [3.05, 3.63) is 52.6 Å². The molecular formula is C19H20N6O3. The van der Waals surface area contributed by atoms with Crippen LogP contribution in [0.3, 0.4) is 0 Å². The van der Waals surface area contributed by atoms with E-state index in [1.54, 1.807) is 12.1 Å². The van der Waals surface area contributed by atoms with E-state index in [1.807, 2.05) is 24.3 Å². The van der Waals surface area contributed by atoms with Crippen LogP contribution in [0, 0.1) is 5.92 Å². The number of carbonyl (C=O) groups excluding carboxylic acids is 2. The number of para-hydroxylation sites is 2. The summed E-state index contributed by atoms with van der Waals surface area (Å²) in [5.74, 6) is -0.730. The van der Waals surface area contributed by atoms with E-state index in [-0.39, 0.29) is 29.1 Å². The van der Waals surface area contributed by atoms with Gasteiger partial charge in [0.15, 0.2) is 5.65 Å². The van der Waals surface area contributed by atoms with Crippen molar-refractivity contribution in [2.24, 2.45) is 11.7 Å². The highest BCUT2D eigenvalue weighted by molar-refractivity contribution is 6.05. The molecule has 9 heteroatoms. The van der Waals surface area contributed by atoms with Crippen molar-refractivity contribution in [2.75, 3.05) is 23.3 Å². The van der Waals surface area contributed by atoms with E-state index >= 15 is 0 Å². The van der Waals surface area contributed by atoms with Gasteiger partial charge in [-0.05, 0) is 37.1 Å². The average Bonchev–Trinajstić information content (AvgIpc) is 3.07. The van der Waals surface area contributed by atoms with Crippen LogP contribution in [0.2, 0.25) is 0 Å². The second-order valence-electron chi connectivity index (χ2n) is 6.81. The summed E-state index contributed by atoms with van der Waals surface area (Å²) in [7, 11) is 0. The largest absolute Gasteiger partial charge is 0.370 e. The first-order chi connectivity index (χ1) is 13.5. The molecule has 1 aromatic carbocycles. The number of aromatic amines is 2. The fraction of sp³-hybridized carbons (Fsp3) is 0.263. The molecule has 0 spiro atoms. The quantitative estimate of drug-likeness (QED) is 0.539. The number of nitrogens with one attached hydrogen (secondary N) is 3. The first-order valence-corrected chi connectivity index (χ1v) is 9.05. The molecule has 1 saturated heterocycles. The van der Waals surface area contributed by atoms with Crippen LogP contribution in [0.1, 0.15) is 23.3 Å². The number of carbonyl (C=O) groups is 2. The number of piperidine rings is 1. The highest BCUT2D eigenvalue weighted by Gasteiger charge is 2.24. The fourth-order valence-corrected chi connectivity index (χ4v) is 3.49. The maximum absolute atomic E-state index is 12.7. The summed E-state index contributed by atoms with van der Waals surface area (Å²) in [6.07, 6.45) is 1.38. The van der Waals surface area contributed by atoms with E-state index in [1.165, 1.54) is 0 Å². The van der Waals surface area contributed by atoms with Gasteiger partial charge in [-0.2, -0.15) is 0 Å². The summed E-state index contributed by atoms with van der Waals surface area (Å²) < 4.78 is 0. The Morgan fingerprint density at radius 3 is 2.61 bits per heavy atom. The van der Waals surface area contributed by atoms with E-state index < -0.39 is 0 Å². The van der Waals surface area contributed by atoms with Gasteiger partial charge in [0.05, 0.1) is 16.9 Å². The third-order valence-electron chi connectivity index (χ3n) is 5.00. The molecule has 0 aliphatic carbocycles. The maximum Gasteiger partial charge on any atom is 0.325 e. The zero-order valence-electron chi connectivity index (χ0n) is 15.1. The molecule has 0 unspecified atom stereocenters. The number of benzene rings is 1. The number of nitrogens with two attached hydrogens (primary N) is 1. The van der Waals surface area contributed by atoms with Gasteiger partial charge in [0, 0.05) is 19.0 Å². The number of hydrogen-bond donors (Lipinski definition) is 4. The molecule has 4 rings (SSSR count). The maximum atomic E-state index is 12.7. The average molecular weight is 380 g/mol. The number of rotatable bonds is 4. The first kappa shape index (κ1) is 17.8. The van der Waals surface area contributed by atoms with E-state index in [4.69, 9.17) is 5.73 Å². The van der Waals surface area contributed by atoms with Crippen molar-refractivity contribution < 1.29 is 9.59 Å². The van der Waals surface area contributed by atoms with Crippen LogP contribution in [0.25, 0.3) is 11.2 Å². The third-order valence-corrected chi connectivity index (χ3v) is 5.00. The Hall–Kier alpha value is -3.62. The predicted octanol–water partition coefficient (Wildman–Crippen LogP) is 1.21. The molecule has 28 heavy (non-hydrogen) atoms. The lowest BCUT2D eigenvalue weighted by atomic mass is 9.96. The summed E-state index contributed by atoms with van der Waals surface area (Å²) in [6, 6.07) is 10.7. The normalized spacial score (nSPS) is 14.9. The van der Waals surface area contributed by atoms with Crippen LogP contribution in [-0.4, -0.2) is 39.9 Å². The van der Waals surface area contributed by atoms with E-state index in [9.17, 15) is 14.4 Å². The smallest absolute Gasteiger partial charge is 0.325 e. The molecule has 0 saturated carbocycles. The molecule has 2 aromatic heterocycles. The number of fused-ring (bicyclic) bond motifs is 1. The van der Waals surface area contributed by atoms with Gasteiger partial charge in [-0.15, -0.1) is 0 Å². The van der Waals surface area contributed by atoms with Gasteiger partial charge < -0.3 is 20.9 Å². The van der Waals surface area contributed by atoms with Crippen LogP contribution in [0.5, 0.6) is 0 Å². The van der Waals surface area contributed by atoms with Crippen molar-refractivity contribution in [1.29, 1.82) is 0 Å². The molecule has 1 aliphatic heterocycles. The van der Waals surface area contributed by atoms with Crippen LogP contribution in [-0.2, 0) is 4.79 Å². The van der Waals surface area contributed by atoms with E-state index in [2.05, 4.69) is 25.2 Å². The lowest BCUT2D eigenvalue weighted by Crippen LogP contribution is -2.38. The van der Waals surface area contributed by atoms with Crippen molar-refractivity contribution in [3.8, 4) is 0 Å². The number of amides is 2. The number of imidazole rings is 1. The zero-order valence-corrected chi connectivity index (χ0v) is 15.1. The van der Waals surface area contributed by atoms with Gasteiger partial charge in [0.2, 0.25) is 5.91 Å². The topological polar surface area (TPSA) is 137 Å². The lowest BCUT2D eigenvalue weighted by molar-refractivity contribution is -0.122. The van der Waals surface area contributed by atoms with Gasteiger partial charge >= 0.3 is 5.69 Å². The van der Waals surface area contributed by atoms with Crippen LogP contribution < -0.4 is 21.6 Å². The van der Waals surface area contributed by atoms with Gasteiger partial charge in [-0.25, -0.2) is 9.78 Å². The summed E-state index contributed by atoms with van der Waals surface area (Å²) >= 11 is 0. The minimum atomic E-state index is -0.372. The van der Waals surface area contributed by atoms with Crippen LogP contribution >= 0.6 is 0 Å². The Bertz CT molecular complexity index is 1090. The lowest BCUT2D eigenvalue weighted by Gasteiger charge is -2.33. The van der Waals surface area contributed by atoms with Crippen molar-refractivity contribution >= 4 is 34.4 Å². The first-order valence-electron chi connectivity index (χ1n) is 9.05. The number of aromatic nitrogens is 3. The summed E-state index contributed by atoms with van der Waals surface area (Å²) in [5, 5.41) is 2.89.